The van der Waals surface area contributed by atoms with E-state index in [9.17, 15) is 4.79 Å². The van der Waals surface area contributed by atoms with Gasteiger partial charge in [0.05, 0.1) is 11.3 Å². The first-order valence-electron chi connectivity index (χ1n) is 6.23. The van der Waals surface area contributed by atoms with Gasteiger partial charge in [-0.15, -0.1) is 6.58 Å². The van der Waals surface area contributed by atoms with Gasteiger partial charge in [-0.2, -0.15) is 5.26 Å². The average Bonchev–Trinajstić information content (AvgIpc) is 2.53. The SMILES string of the molecule is C=CCNc1nccc(C(=O)Nc2ccccc2C#N)n1. The third-order valence-electron chi connectivity index (χ3n) is 2.59. The Morgan fingerprint density at radius 3 is 2.95 bits per heavy atom. The lowest BCUT2D eigenvalue weighted by Gasteiger charge is -2.07. The molecule has 0 aliphatic carbocycles. The lowest BCUT2D eigenvalue weighted by atomic mass is 10.2. The summed E-state index contributed by atoms with van der Waals surface area (Å²) in [6.07, 6.45) is 3.16. The van der Waals surface area contributed by atoms with Crippen LogP contribution in [0, 0.1) is 11.3 Å². The molecule has 2 rings (SSSR count). The molecule has 0 spiro atoms. The zero-order valence-corrected chi connectivity index (χ0v) is 11.2. The first kappa shape index (κ1) is 14.2. The summed E-state index contributed by atoms with van der Waals surface area (Å²) >= 11 is 0. The average molecular weight is 279 g/mol. The fourth-order valence-corrected chi connectivity index (χ4v) is 1.61. The highest BCUT2D eigenvalue weighted by atomic mass is 16.1. The number of carbonyl (C=O) groups excluding carboxylic acids is 1. The van der Waals surface area contributed by atoms with Crippen molar-refractivity contribution in [1.82, 2.24) is 9.97 Å². The van der Waals surface area contributed by atoms with E-state index in [1.54, 1.807) is 30.3 Å². The first-order chi connectivity index (χ1) is 10.2. The highest BCUT2D eigenvalue weighted by Gasteiger charge is 2.11. The van der Waals surface area contributed by atoms with Gasteiger partial charge in [-0.1, -0.05) is 18.2 Å². The quantitative estimate of drug-likeness (QED) is 0.819. The second kappa shape index (κ2) is 6.82. The van der Waals surface area contributed by atoms with Crippen molar-refractivity contribution in [2.75, 3.05) is 17.2 Å². The Morgan fingerprint density at radius 2 is 2.19 bits per heavy atom. The van der Waals surface area contributed by atoms with Crippen LogP contribution >= 0.6 is 0 Å². The van der Waals surface area contributed by atoms with Gasteiger partial charge in [0, 0.05) is 12.7 Å². The number of para-hydroxylation sites is 1. The predicted molar refractivity (Wildman–Crippen MR) is 79.8 cm³/mol. The molecule has 1 aromatic carbocycles. The fourth-order valence-electron chi connectivity index (χ4n) is 1.61. The van der Waals surface area contributed by atoms with Crippen LogP contribution in [0.15, 0.2) is 49.2 Å². The second-order valence-corrected chi connectivity index (χ2v) is 4.05. The molecule has 1 heterocycles. The Labute approximate surface area is 122 Å². The Bertz CT molecular complexity index is 705. The van der Waals surface area contributed by atoms with E-state index < -0.39 is 5.91 Å². The van der Waals surface area contributed by atoms with Crippen molar-refractivity contribution in [2.45, 2.75) is 0 Å². The molecular formula is C15H13N5O. The van der Waals surface area contributed by atoms with E-state index in [0.29, 0.717) is 23.7 Å². The van der Waals surface area contributed by atoms with Crippen molar-refractivity contribution in [3.8, 4) is 6.07 Å². The molecule has 0 fully saturated rings. The topological polar surface area (TPSA) is 90.7 Å². The van der Waals surface area contributed by atoms with Gasteiger partial charge in [0.15, 0.2) is 0 Å². The summed E-state index contributed by atoms with van der Waals surface area (Å²) in [5.74, 6) is -0.0575. The number of anilines is 2. The zero-order chi connectivity index (χ0) is 15.1. The molecule has 6 nitrogen and oxygen atoms in total. The van der Waals surface area contributed by atoms with E-state index in [1.807, 2.05) is 6.07 Å². The van der Waals surface area contributed by atoms with E-state index in [-0.39, 0.29) is 5.69 Å². The smallest absolute Gasteiger partial charge is 0.274 e. The third-order valence-corrected chi connectivity index (χ3v) is 2.59. The maximum atomic E-state index is 12.1. The van der Waals surface area contributed by atoms with Crippen LogP contribution in [-0.2, 0) is 0 Å². The minimum atomic E-state index is -0.401. The number of nitrogens with one attached hydrogen (secondary N) is 2. The molecule has 104 valence electrons. The largest absolute Gasteiger partial charge is 0.351 e. The van der Waals surface area contributed by atoms with Crippen LogP contribution in [0.4, 0.5) is 11.6 Å². The van der Waals surface area contributed by atoms with Gasteiger partial charge in [-0.3, -0.25) is 4.79 Å². The highest BCUT2D eigenvalue weighted by molar-refractivity contribution is 6.03. The second-order valence-electron chi connectivity index (χ2n) is 4.05. The van der Waals surface area contributed by atoms with E-state index in [2.05, 4.69) is 27.2 Å². The minimum absolute atomic E-state index is 0.212. The van der Waals surface area contributed by atoms with Gasteiger partial charge in [0.25, 0.3) is 5.91 Å². The molecule has 0 saturated heterocycles. The summed E-state index contributed by atoms with van der Waals surface area (Å²) in [5, 5.41) is 14.6. The van der Waals surface area contributed by atoms with Gasteiger partial charge >= 0.3 is 0 Å². The van der Waals surface area contributed by atoms with Gasteiger partial charge < -0.3 is 10.6 Å². The number of carbonyl (C=O) groups is 1. The molecule has 1 aromatic heterocycles. The number of amides is 1. The number of nitrogens with zero attached hydrogens (tertiary/aromatic N) is 3. The third kappa shape index (κ3) is 3.64. The maximum Gasteiger partial charge on any atom is 0.274 e. The number of benzene rings is 1. The number of rotatable bonds is 5. The zero-order valence-electron chi connectivity index (χ0n) is 11.2. The number of aromatic nitrogens is 2. The summed E-state index contributed by atoms with van der Waals surface area (Å²) in [5.41, 5.74) is 1.05. The molecule has 0 bridgehead atoms. The molecule has 0 unspecified atom stereocenters. The molecular weight excluding hydrogens is 266 g/mol. The summed E-state index contributed by atoms with van der Waals surface area (Å²) in [4.78, 5) is 20.2. The lowest BCUT2D eigenvalue weighted by molar-refractivity contribution is 0.102. The number of nitriles is 1. The number of hydrogen-bond acceptors (Lipinski definition) is 5. The van der Waals surface area contributed by atoms with Gasteiger partial charge in [-0.25, -0.2) is 9.97 Å². The summed E-state index contributed by atoms with van der Waals surface area (Å²) in [6.45, 7) is 4.08. The van der Waals surface area contributed by atoms with Crippen molar-refractivity contribution in [3.05, 3.63) is 60.4 Å². The predicted octanol–water partition coefficient (Wildman–Crippen LogP) is 2.20. The van der Waals surface area contributed by atoms with Crippen molar-refractivity contribution in [3.63, 3.8) is 0 Å². The van der Waals surface area contributed by atoms with Crippen LogP contribution in [-0.4, -0.2) is 22.4 Å². The van der Waals surface area contributed by atoms with Crippen LogP contribution in [0.2, 0.25) is 0 Å². The standard InChI is InChI=1S/C15H13N5O/c1-2-8-17-15-18-9-7-13(20-15)14(21)19-12-6-4-3-5-11(12)10-16/h2-7,9H,1,8H2,(H,19,21)(H,17,18,20). The van der Waals surface area contributed by atoms with Crippen LogP contribution in [0.1, 0.15) is 16.1 Å². The summed E-state index contributed by atoms with van der Waals surface area (Å²) in [7, 11) is 0. The molecule has 0 radical (unpaired) electrons. The minimum Gasteiger partial charge on any atom is -0.351 e. The molecule has 0 aliphatic heterocycles. The summed E-state index contributed by atoms with van der Waals surface area (Å²) in [6, 6.07) is 10.3. The molecule has 0 aliphatic rings. The Kier molecular flexibility index (Phi) is 4.62. The lowest BCUT2D eigenvalue weighted by Crippen LogP contribution is -2.16. The van der Waals surface area contributed by atoms with Gasteiger partial charge in [0.2, 0.25) is 5.95 Å². The van der Waals surface area contributed by atoms with Crippen molar-refractivity contribution in [1.29, 1.82) is 5.26 Å². The van der Waals surface area contributed by atoms with Crippen molar-refractivity contribution >= 4 is 17.5 Å². The molecule has 0 atom stereocenters. The van der Waals surface area contributed by atoms with E-state index in [4.69, 9.17) is 5.26 Å². The maximum absolute atomic E-state index is 12.1. The highest BCUT2D eigenvalue weighted by Crippen LogP contribution is 2.14. The Morgan fingerprint density at radius 1 is 1.38 bits per heavy atom. The van der Waals surface area contributed by atoms with Gasteiger partial charge in [-0.05, 0) is 18.2 Å². The molecule has 1 amide bonds. The van der Waals surface area contributed by atoms with E-state index >= 15 is 0 Å². The molecule has 2 aromatic rings. The normalized spacial score (nSPS) is 9.48. The molecule has 0 saturated carbocycles. The number of hydrogen-bond donors (Lipinski definition) is 2. The van der Waals surface area contributed by atoms with Crippen LogP contribution in [0.5, 0.6) is 0 Å². The van der Waals surface area contributed by atoms with Gasteiger partial charge in [0.1, 0.15) is 11.8 Å². The van der Waals surface area contributed by atoms with Crippen molar-refractivity contribution in [2.24, 2.45) is 0 Å². The van der Waals surface area contributed by atoms with Crippen LogP contribution in [0.25, 0.3) is 0 Å². The molecule has 2 N–H and O–H groups in total. The molecule has 6 heteroatoms. The van der Waals surface area contributed by atoms with Crippen LogP contribution < -0.4 is 10.6 Å². The Balaban J connectivity index is 2.17. The fraction of sp³-hybridized carbons (Fsp3) is 0.0667. The summed E-state index contributed by atoms with van der Waals surface area (Å²) < 4.78 is 0. The van der Waals surface area contributed by atoms with Crippen molar-refractivity contribution < 1.29 is 4.79 Å². The van der Waals surface area contributed by atoms with E-state index in [1.165, 1.54) is 12.3 Å². The van der Waals surface area contributed by atoms with E-state index in [0.717, 1.165) is 0 Å². The monoisotopic (exact) mass is 279 g/mol. The molecule has 21 heavy (non-hydrogen) atoms. The van der Waals surface area contributed by atoms with Crippen LogP contribution in [0.3, 0.4) is 0 Å². The first-order valence-corrected chi connectivity index (χ1v) is 6.23. The Hall–Kier alpha value is -3.20.